The number of pyridine rings is 2. The number of benzene rings is 4. The molecule has 0 atom stereocenters. The van der Waals surface area contributed by atoms with Gasteiger partial charge in [0.25, 0.3) is 34.7 Å². The summed E-state index contributed by atoms with van der Waals surface area (Å²) in [5.74, 6) is -2.06. The lowest BCUT2D eigenvalue weighted by atomic mass is 10.1. The van der Waals surface area contributed by atoms with Crippen LogP contribution in [0.1, 0.15) is 101 Å². The first kappa shape index (κ1) is 52.6. The lowest BCUT2D eigenvalue weighted by Gasteiger charge is -2.16. The number of carbonyl (C=O) groups excluding carboxylic acids is 4. The molecule has 6 aromatic rings. The molecule has 0 fully saturated rings. The lowest BCUT2D eigenvalue weighted by molar-refractivity contribution is -0.138. The third kappa shape index (κ3) is 13.1. The van der Waals surface area contributed by atoms with E-state index in [4.69, 9.17) is 0 Å². The van der Waals surface area contributed by atoms with E-state index in [-0.39, 0.29) is 47.4 Å². The first-order chi connectivity index (χ1) is 33.1. The lowest BCUT2D eigenvalue weighted by Crippen LogP contribution is -2.33. The smallest absolute Gasteiger partial charge is 0.352 e. The van der Waals surface area contributed by atoms with E-state index in [1.165, 1.54) is 50.2 Å². The molecule has 20 heteroatoms. The van der Waals surface area contributed by atoms with Gasteiger partial charge in [0.15, 0.2) is 0 Å². The molecule has 0 aliphatic rings. The molecular weight excluding hydrogens is 1050 g/mol. The van der Waals surface area contributed by atoms with Crippen molar-refractivity contribution in [1.29, 1.82) is 0 Å². The predicted octanol–water partition coefficient (Wildman–Crippen LogP) is 9.75. The van der Waals surface area contributed by atoms with Gasteiger partial charge in [0.2, 0.25) is 0 Å². The monoisotopic (exact) mass is 1100 g/mol. The third-order valence-electron chi connectivity index (χ3n) is 11.1. The number of hydrogen-bond acceptors (Lipinski definition) is 6. The van der Waals surface area contributed by atoms with Gasteiger partial charge in [0, 0.05) is 69.0 Å². The van der Waals surface area contributed by atoms with Crippen molar-refractivity contribution in [3.63, 3.8) is 0 Å². The predicted molar refractivity (Wildman–Crippen MR) is 257 cm³/mol. The maximum absolute atomic E-state index is 13.4. The summed E-state index contributed by atoms with van der Waals surface area (Å²) in [7, 11) is 0. The maximum Gasteiger partial charge on any atom is 0.416 e. The van der Waals surface area contributed by atoms with Gasteiger partial charge in [-0.05, 0) is 142 Å². The first-order valence-electron chi connectivity index (χ1n) is 21.6. The summed E-state index contributed by atoms with van der Waals surface area (Å²) in [6, 6.07) is 24.1. The molecule has 0 saturated heterocycles. The molecule has 0 aliphatic heterocycles. The van der Waals surface area contributed by atoms with E-state index in [9.17, 15) is 55.1 Å². The highest BCUT2D eigenvalue weighted by Gasteiger charge is 2.32. The van der Waals surface area contributed by atoms with Crippen molar-refractivity contribution in [3.8, 4) is 11.4 Å². The number of halogens is 8. The van der Waals surface area contributed by atoms with Gasteiger partial charge in [-0.15, -0.1) is 0 Å². The van der Waals surface area contributed by atoms with E-state index in [1.807, 2.05) is 0 Å². The van der Waals surface area contributed by atoms with Crippen LogP contribution in [-0.4, -0.2) is 45.9 Å². The molecule has 0 saturated carbocycles. The van der Waals surface area contributed by atoms with E-state index >= 15 is 0 Å². The summed E-state index contributed by atoms with van der Waals surface area (Å²) in [4.78, 5) is 78.5. The van der Waals surface area contributed by atoms with Gasteiger partial charge in [-0.2, -0.15) is 26.3 Å². The van der Waals surface area contributed by atoms with E-state index in [0.717, 1.165) is 46.2 Å². The number of nitrogens with zero attached hydrogens (tertiary/aromatic N) is 2. The van der Waals surface area contributed by atoms with Crippen LogP contribution in [0.4, 0.5) is 26.3 Å². The fraction of sp³-hybridized carbons (Fsp3) is 0.240. The van der Waals surface area contributed by atoms with Gasteiger partial charge < -0.3 is 21.3 Å². The Morgan fingerprint density at radius 2 is 0.843 bits per heavy atom. The minimum atomic E-state index is -4.63. The van der Waals surface area contributed by atoms with E-state index in [2.05, 4.69) is 53.1 Å². The Hall–Kier alpha value is -6.80. The highest BCUT2D eigenvalue weighted by Crippen LogP contribution is 2.32. The van der Waals surface area contributed by atoms with Gasteiger partial charge >= 0.3 is 12.4 Å². The van der Waals surface area contributed by atoms with E-state index in [0.29, 0.717) is 68.5 Å². The second-order valence-corrected chi connectivity index (χ2v) is 17.8. The SMILES string of the molecule is Cc1c(Br)cc(C(=O)NCc2ccc(C(=O)NCCCCCCNC(=O)c3ccc(CNC(=O)c4cc(Br)c(C)n(-c5cccc(C(F)(F)F)c5)c4=O)cc3)cc2)c(=O)n1-c1cccc(C(F)(F)F)c1. The van der Waals surface area contributed by atoms with Crippen molar-refractivity contribution < 1.29 is 45.5 Å². The molecule has 4 aromatic carbocycles. The number of alkyl halides is 6. The fourth-order valence-electron chi connectivity index (χ4n) is 7.25. The molecule has 4 amide bonds. The normalized spacial score (nSPS) is 11.5. The fourth-order valence-corrected chi connectivity index (χ4v) is 8.06. The summed E-state index contributed by atoms with van der Waals surface area (Å²) in [6.45, 7) is 3.92. The van der Waals surface area contributed by atoms with Crippen molar-refractivity contribution in [1.82, 2.24) is 30.4 Å². The Balaban J connectivity index is 0.885. The quantitative estimate of drug-likeness (QED) is 0.0526. The summed E-state index contributed by atoms with van der Waals surface area (Å²) in [5, 5.41) is 11.0. The van der Waals surface area contributed by atoms with Crippen LogP contribution in [0.5, 0.6) is 0 Å². The minimum absolute atomic E-state index is 0.00594. The summed E-state index contributed by atoms with van der Waals surface area (Å²) < 4.78 is 83.0. The zero-order valence-electron chi connectivity index (χ0n) is 37.4. The van der Waals surface area contributed by atoms with Crippen molar-refractivity contribution in [2.45, 2.75) is 65.0 Å². The third-order valence-corrected chi connectivity index (χ3v) is 12.7. The zero-order chi connectivity index (χ0) is 50.9. The van der Waals surface area contributed by atoms with Gasteiger partial charge in [0.05, 0.1) is 11.1 Å². The molecule has 0 aliphatic carbocycles. The largest absolute Gasteiger partial charge is 0.416 e. The second kappa shape index (κ2) is 22.7. The Bertz CT molecular complexity index is 2840. The van der Waals surface area contributed by atoms with Crippen LogP contribution in [0, 0.1) is 13.8 Å². The van der Waals surface area contributed by atoms with Crippen LogP contribution in [0.15, 0.2) is 128 Å². The van der Waals surface area contributed by atoms with Gasteiger partial charge in [-0.25, -0.2) is 0 Å². The number of amides is 4. The molecule has 0 radical (unpaired) electrons. The first-order valence-corrected chi connectivity index (χ1v) is 23.2. The van der Waals surface area contributed by atoms with Crippen LogP contribution >= 0.6 is 31.9 Å². The molecule has 12 nitrogen and oxygen atoms in total. The molecule has 366 valence electrons. The number of nitrogens with one attached hydrogen (secondary N) is 4. The van der Waals surface area contributed by atoms with Crippen molar-refractivity contribution in [2.75, 3.05) is 13.1 Å². The molecule has 2 heterocycles. The highest BCUT2D eigenvalue weighted by molar-refractivity contribution is 9.10. The van der Waals surface area contributed by atoms with Gasteiger partial charge in [0.1, 0.15) is 11.1 Å². The number of carbonyl (C=O) groups is 4. The van der Waals surface area contributed by atoms with Crippen molar-refractivity contribution in [3.05, 3.63) is 195 Å². The number of unbranched alkanes of at least 4 members (excludes halogenated alkanes) is 3. The second-order valence-electron chi connectivity index (χ2n) is 16.0. The molecule has 0 bridgehead atoms. The zero-order valence-corrected chi connectivity index (χ0v) is 40.6. The molecule has 0 unspecified atom stereocenters. The molecule has 6 rings (SSSR count). The van der Waals surface area contributed by atoms with Gasteiger partial charge in [-0.1, -0.05) is 49.2 Å². The van der Waals surface area contributed by atoms with Crippen LogP contribution in [0.3, 0.4) is 0 Å². The van der Waals surface area contributed by atoms with Gasteiger partial charge in [-0.3, -0.25) is 37.9 Å². The summed E-state index contributed by atoms with van der Waals surface area (Å²) >= 11 is 6.60. The average molecular weight is 1100 g/mol. The summed E-state index contributed by atoms with van der Waals surface area (Å²) in [6.07, 6.45) is -6.29. The van der Waals surface area contributed by atoms with Crippen LogP contribution < -0.4 is 32.4 Å². The maximum atomic E-state index is 13.4. The molecular formula is C50H44Br2F6N6O6. The van der Waals surface area contributed by atoms with Crippen LogP contribution in [0.25, 0.3) is 11.4 Å². The average Bonchev–Trinajstić information content (AvgIpc) is 3.33. The molecule has 4 N–H and O–H groups in total. The molecule has 70 heavy (non-hydrogen) atoms. The van der Waals surface area contributed by atoms with Crippen LogP contribution in [-0.2, 0) is 25.4 Å². The summed E-state index contributed by atoms with van der Waals surface area (Å²) in [5.41, 5.74) is -1.46. The number of rotatable bonds is 17. The number of aromatic nitrogens is 2. The highest BCUT2D eigenvalue weighted by atomic mass is 79.9. The molecule has 0 spiro atoms. The Kier molecular flexibility index (Phi) is 17.1. The Morgan fingerprint density at radius 1 is 0.486 bits per heavy atom. The number of hydrogen-bond donors (Lipinski definition) is 4. The van der Waals surface area contributed by atoms with Crippen LogP contribution in [0.2, 0.25) is 0 Å². The Labute approximate surface area is 413 Å². The minimum Gasteiger partial charge on any atom is -0.352 e. The molecule has 2 aromatic heterocycles. The standard InChI is InChI=1S/C50H44Br2F6N6O6/c1-29-41(51)25-39(47(69)63(29)37-11-7-9-35(23-37)49(53,54)55)45(67)61-27-31-13-17-33(18-14-31)43(65)59-21-5-3-4-6-22-60-44(66)34-19-15-32(16-20-34)28-62-46(68)40-26-42(52)30(2)64(48(40)70)38-12-8-10-36(24-38)50(56,57)58/h7-20,23-26H,3-6,21-22,27-28H2,1-2H3,(H,59,65)(H,60,66)(H,61,67)(H,62,68). The van der Waals surface area contributed by atoms with E-state index in [1.54, 1.807) is 48.5 Å². The topological polar surface area (TPSA) is 160 Å². The van der Waals surface area contributed by atoms with Crippen molar-refractivity contribution in [2.24, 2.45) is 0 Å². The van der Waals surface area contributed by atoms with Crippen molar-refractivity contribution >= 4 is 55.5 Å². The Morgan fingerprint density at radius 3 is 1.19 bits per heavy atom. The van der Waals surface area contributed by atoms with E-state index < -0.39 is 46.4 Å².